The molecule has 6 heterocycles. The van der Waals surface area contributed by atoms with Gasteiger partial charge in [0.05, 0.1) is 41.1 Å². The van der Waals surface area contributed by atoms with Crippen molar-refractivity contribution >= 4 is 108 Å². The lowest BCUT2D eigenvalue weighted by atomic mass is 9.85. The van der Waals surface area contributed by atoms with Crippen LogP contribution in [0.3, 0.4) is 0 Å². The predicted molar refractivity (Wildman–Crippen MR) is 477 cm³/mol. The lowest BCUT2D eigenvalue weighted by Crippen LogP contribution is -2.42. The van der Waals surface area contributed by atoms with Gasteiger partial charge in [0.2, 0.25) is 29.5 Å². The molecular formula is C102H109Cl2F4N9O6. The minimum absolute atomic E-state index is 0.0180. The average molecular weight is 1700 g/mol. The van der Waals surface area contributed by atoms with E-state index in [0.29, 0.717) is 123 Å². The Morgan fingerprint density at radius 1 is 0.390 bits per heavy atom. The van der Waals surface area contributed by atoms with Gasteiger partial charge in [-0.3, -0.25) is 39.1 Å². The summed E-state index contributed by atoms with van der Waals surface area (Å²) in [4.78, 5) is 72.6. The number of benzene rings is 6. The number of fused-ring (bicyclic) bond motifs is 8. The van der Waals surface area contributed by atoms with Crippen LogP contribution in [-0.4, -0.2) is 74.9 Å². The zero-order valence-electron chi connectivity index (χ0n) is 70.2. The summed E-state index contributed by atoms with van der Waals surface area (Å²) < 4.78 is 65.8. The molecule has 21 heteroatoms. The Kier molecular flexibility index (Phi) is 26.2. The van der Waals surface area contributed by atoms with Crippen LogP contribution >= 0.6 is 23.2 Å². The molecule has 123 heavy (non-hydrogen) atoms. The zero-order chi connectivity index (χ0) is 85.1. The summed E-state index contributed by atoms with van der Waals surface area (Å²) in [6.45, 7) is 7.70. The largest absolute Gasteiger partial charge is 0.481 e. The Morgan fingerprint density at radius 3 is 1.04 bits per heavy atom. The van der Waals surface area contributed by atoms with E-state index in [1.807, 2.05) is 69.0 Å². The first-order chi connectivity index (χ1) is 59.6. The van der Waals surface area contributed by atoms with Gasteiger partial charge < -0.3 is 30.7 Å². The third-order valence-corrected chi connectivity index (χ3v) is 30.3. The quantitative estimate of drug-likeness (QED) is 0.0633. The highest BCUT2D eigenvalue weighted by Crippen LogP contribution is 2.59. The van der Waals surface area contributed by atoms with E-state index in [2.05, 4.69) is 77.4 Å². The van der Waals surface area contributed by atoms with E-state index in [0.717, 1.165) is 184 Å². The van der Waals surface area contributed by atoms with E-state index < -0.39 is 0 Å². The molecule has 15 nitrogen and oxygen atoms in total. The van der Waals surface area contributed by atoms with E-state index in [-0.39, 0.29) is 70.7 Å². The average Bonchev–Trinajstić information content (AvgIpc) is 1.67. The Morgan fingerprint density at radius 2 is 0.707 bits per heavy atom. The molecule has 640 valence electrons. The van der Waals surface area contributed by atoms with Gasteiger partial charge in [-0.2, -0.15) is 0 Å². The standard InChI is InChI=1S/C26H26ClFN2O.C26H28FN3O2.C25H24ClFN2O.C25H31FN2O2/c1-15(26(31)30-22-5-2-20(27)3-6-22)16-10-17-12-19(13-18(17)11-16)23-8-9-29-25-7-4-21(28)14-24(23)25;1-15(26(31)30-21-4-6-25(32-2)29-14-21)16-9-17-11-19(12-18(17)10-16)22-7-8-28-24-5-3-20(27)13-23(22)24;26-19-1-4-21(5-2-19)29-25(30)11-15-9-16-12-18(13-17(16)10-15)22-7-8-28-24-6-3-20(27)14-23(22)24;1-15(25(29)28-21-5-8-30-9-6-21)16-10-17-12-19(13-18(17)11-16)22-4-7-27-24-3-2-20(26)14-23(22)24/h2-9,14-19H,10-13H2,1H3,(H,30,31);3-8,13-19H,9-12H2,1-2H3,(H,30,31);1-8,14-18H,9-13H2,(H,29,30);2-4,7,14-19,21H,5-6,8-13H2,1H3,(H,28,29)/t2*15?,16?,17-,18+,19?;15?,16-,17+,18?;15?,16?,17-,18+,19?. The second-order valence-corrected chi connectivity index (χ2v) is 38.0. The highest BCUT2D eigenvalue weighted by atomic mass is 35.5. The smallest absolute Gasteiger partial charge is 0.227 e. The molecule has 9 aliphatic rings. The number of nitrogens with one attached hydrogen (secondary N) is 4. The molecular weight excluding hydrogens is 1590 g/mol. The van der Waals surface area contributed by atoms with Crippen molar-refractivity contribution in [1.82, 2.24) is 30.2 Å². The fourth-order valence-electron chi connectivity index (χ4n) is 23.6. The number of halogens is 6. The van der Waals surface area contributed by atoms with Crippen molar-refractivity contribution in [3.8, 4) is 5.88 Å². The Balaban J connectivity index is 0.000000116. The van der Waals surface area contributed by atoms with E-state index in [4.69, 9.17) is 32.7 Å². The fraction of sp³-hybridized carbons (Fsp3) is 0.441. The highest BCUT2D eigenvalue weighted by molar-refractivity contribution is 6.31. The van der Waals surface area contributed by atoms with Crippen LogP contribution in [0.15, 0.2) is 189 Å². The number of rotatable bonds is 17. The van der Waals surface area contributed by atoms with Crippen LogP contribution in [0.5, 0.6) is 5.88 Å². The predicted octanol–water partition coefficient (Wildman–Crippen LogP) is 23.8. The van der Waals surface area contributed by atoms with Crippen LogP contribution in [0.2, 0.25) is 10.0 Å². The van der Waals surface area contributed by atoms with Gasteiger partial charge in [-0.25, -0.2) is 22.5 Å². The van der Waals surface area contributed by atoms with E-state index in [1.165, 1.54) is 46.5 Å². The number of methoxy groups -OCH3 is 1. The minimum atomic E-state index is -0.211. The first-order valence-electron chi connectivity index (χ1n) is 44.6. The molecule has 8 aliphatic carbocycles. The number of aromatic nitrogens is 5. The van der Waals surface area contributed by atoms with Crippen LogP contribution in [0.1, 0.15) is 189 Å². The summed E-state index contributed by atoms with van der Waals surface area (Å²) in [7, 11) is 1.57. The second kappa shape index (κ2) is 37.9. The lowest BCUT2D eigenvalue weighted by Gasteiger charge is -2.27. The van der Waals surface area contributed by atoms with E-state index in [1.54, 1.807) is 92.2 Å². The third-order valence-electron chi connectivity index (χ3n) is 29.8. The molecule has 0 bridgehead atoms. The van der Waals surface area contributed by atoms with Crippen molar-refractivity contribution in [2.24, 2.45) is 88.8 Å². The summed E-state index contributed by atoms with van der Waals surface area (Å²) in [5.41, 5.74) is 10.7. The van der Waals surface area contributed by atoms with Crippen molar-refractivity contribution in [2.45, 2.75) is 172 Å². The first-order valence-corrected chi connectivity index (χ1v) is 45.4. The number of amides is 4. The van der Waals surface area contributed by atoms with Crippen molar-refractivity contribution in [2.75, 3.05) is 36.3 Å². The summed E-state index contributed by atoms with van der Waals surface area (Å²) in [6, 6.07) is 46.0. The van der Waals surface area contributed by atoms with Crippen LogP contribution in [0.25, 0.3) is 43.6 Å². The molecule has 8 saturated carbocycles. The highest BCUT2D eigenvalue weighted by Gasteiger charge is 2.49. The Bertz CT molecular complexity index is 5580. The maximum atomic E-state index is 13.9. The Hall–Kier alpha value is -9.95. The molecule has 11 unspecified atom stereocenters. The van der Waals surface area contributed by atoms with E-state index in [9.17, 15) is 36.7 Å². The molecule has 4 N–H and O–H groups in total. The summed E-state index contributed by atoms with van der Waals surface area (Å²) in [6.07, 6.45) is 29.2. The van der Waals surface area contributed by atoms with Gasteiger partial charge in [0, 0.05) is 117 Å². The van der Waals surface area contributed by atoms with Crippen LogP contribution in [0, 0.1) is 112 Å². The number of carbonyl (C=O) groups is 4. The van der Waals surface area contributed by atoms with E-state index >= 15 is 0 Å². The maximum absolute atomic E-state index is 13.9. The van der Waals surface area contributed by atoms with Crippen LogP contribution in [0.4, 0.5) is 34.6 Å². The summed E-state index contributed by atoms with van der Waals surface area (Å²) >= 11 is 11.8. The maximum Gasteiger partial charge on any atom is 0.227 e. The third kappa shape index (κ3) is 19.8. The fourth-order valence-corrected chi connectivity index (χ4v) is 23.8. The molecule has 1 aliphatic heterocycles. The van der Waals surface area contributed by atoms with Crippen molar-refractivity contribution < 1.29 is 46.2 Å². The molecule has 6 aromatic carbocycles. The van der Waals surface area contributed by atoms with Crippen LogP contribution in [-0.2, 0) is 23.9 Å². The molecule has 1 saturated heterocycles. The molecule has 0 spiro atoms. The number of hydrogen-bond acceptors (Lipinski definition) is 11. The summed E-state index contributed by atoms with van der Waals surface area (Å²) in [5, 5.41) is 17.4. The van der Waals surface area contributed by atoms with Gasteiger partial charge >= 0.3 is 0 Å². The molecule has 0 radical (unpaired) electrons. The first kappa shape index (κ1) is 85.2. The topological polar surface area (TPSA) is 199 Å². The van der Waals surface area contributed by atoms with Gasteiger partial charge in [-0.15, -0.1) is 0 Å². The van der Waals surface area contributed by atoms with Crippen molar-refractivity contribution in [1.29, 1.82) is 0 Å². The van der Waals surface area contributed by atoms with Gasteiger partial charge in [0.25, 0.3) is 0 Å². The molecule has 4 amide bonds. The van der Waals surface area contributed by atoms with Gasteiger partial charge in [-0.1, -0.05) is 44.0 Å². The second-order valence-electron chi connectivity index (χ2n) is 37.1. The molecule has 11 aromatic rings. The van der Waals surface area contributed by atoms with Gasteiger partial charge in [0.15, 0.2) is 0 Å². The number of hydrogen-bond donors (Lipinski definition) is 4. The number of nitrogens with zero attached hydrogens (tertiary/aromatic N) is 5. The Labute approximate surface area is 727 Å². The SMILES string of the molecule is CC(C(=O)NC1CCOCC1)C1C[C@H]2CC(c3ccnc4ccc(F)cc34)C[C@H]2C1.CC(C(=O)Nc1ccc(Cl)cc1)C1C[C@H]2CC(c3ccnc4ccc(F)cc34)C[C@H]2C1.COc1ccc(NC(=O)C(C)C2C[C@H]3CC(c4ccnc5ccc(F)cc45)C[C@H]3C2)cn1.O=C(CC1C[C@@H]2CC(c3ccnc4ccc(F)cc34)C[C@@H]2C1)Nc1ccc(Cl)cc1. The number of anilines is 3. The van der Waals surface area contributed by atoms with Crippen molar-refractivity contribution in [3.05, 3.63) is 244 Å². The zero-order valence-corrected chi connectivity index (χ0v) is 71.8. The summed E-state index contributed by atoms with van der Waals surface area (Å²) in [5.74, 6) is 8.87. The number of ether oxygens (including phenoxy) is 2. The minimum Gasteiger partial charge on any atom is -0.481 e. The monoisotopic (exact) mass is 1700 g/mol. The number of pyridine rings is 5. The molecule has 5 aromatic heterocycles. The van der Waals surface area contributed by atoms with Crippen LogP contribution < -0.4 is 26.0 Å². The number of carbonyl (C=O) groups excluding carboxylic acids is 4. The van der Waals surface area contributed by atoms with Gasteiger partial charge in [0.1, 0.15) is 23.3 Å². The molecule has 19 atom stereocenters. The van der Waals surface area contributed by atoms with Crippen molar-refractivity contribution in [3.63, 3.8) is 0 Å². The molecule has 9 fully saturated rings. The lowest BCUT2D eigenvalue weighted by molar-refractivity contribution is -0.127. The normalized spacial score (nSPS) is 26.8. The van der Waals surface area contributed by atoms with Gasteiger partial charge in [-0.05, 0) is 384 Å². The molecule has 20 rings (SSSR count).